The first kappa shape index (κ1) is 14.8. The number of Topliss-reactive ketones (excluding diaryl/α,β-unsaturated/α-hetero) is 1. The zero-order valence-corrected chi connectivity index (χ0v) is 13.1. The van der Waals surface area contributed by atoms with E-state index in [1.807, 2.05) is 6.92 Å². The Morgan fingerprint density at radius 1 is 1.18 bits per heavy atom. The molecule has 0 aliphatic carbocycles. The van der Waals surface area contributed by atoms with E-state index in [0.29, 0.717) is 42.6 Å². The molecule has 6 heteroatoms. The van der Waals surface area contributed by atoms with Gasteiger partial charge in [0.2, 0.25) is 0 Å². The van der Waals surface area contributed by atoms with E-state index < -0.39 is 11.7 Å². The Morgan fingerprint density at radius 3 is 2.41 bits per heavy atom. The van der Waals surface area contributed by atoms with Crippen LogP contribution in [0.1, 0.15) is 31.1 Å². The molecule has 6 nitrogen and oxygen atoms in total. The SMILES string of the molecule is CCN(CN1C(=O)C(=O)c2cc3c(cc21)OCCO3)C(C)C. The smallest absolute Gasteiger partial charge is 0.300 e. The molecule has 0 fully saturated rings. The predicted octanol–water partition coefficient (Wildman–Crippen LogP) is 1.67. The van der Waals surface area contributed by atoms with Crippen molar-refractivity contribution in [3.05, 3.63) is 17.7 Å². The molecular formula is C16H20N2O4. The summed E-state index contributed by atoms with van der Waals surface area (Å²) in [4.78, 5) is 28.2. The summed E-state index contributed by atoms with van der Waals surface area (Å²) in [6.07, 6.45) is 0. The van der Waals surface area contributed by atoms with Gasteiger partial charge in [-0.05, 0) is 26.5 Å². The second-order valence-electron chi connectivity index (χ2n) is 5.72. The summed E-state index contributed by atoms with van der Waals surface area (Å²) in [5.41, 5.74) is 1.01. The zero-order chi connectivity index (χ0) is 15.9. The van der Waals surface area contributed by atoms with Crippen LogP contribution in [-0.4, -0.2) is 49.1 Å². The number of amides is 1. The molecule has 22 heavy (non-hydrogen) atoms. The van der Waals surface area contributed by atoms with Gasteiger partial charge in [-0.3, -0.25) is 19.4 Å². The van der Waals surface area contributed by atoms with Crippen LogP contribution in [0.15, 0.2) is 12.1 Å². The van der Waals surface area contributed by atoms with Crippen molar-refractivity contribution >= 4 is 17.4 Å². The van der Waals surface area contributed by atoms with Crippen molar-refractivity contribution in [1.82, 2.24) is 4.90 Å². The molecular weight excluding hydrogens is 284 g/mol. The minimum atomic E-state index is -0.489. The molecule has 0 atom stereocenters. The lowest BCUT2D eigenvalue weighted by atomic mass is 10.1. The van der Waals surface area contributed by atoms with E-state index in [9.17, 15) is 9.59 Å². The number of ether oxygens (including phenoxy) is 2. The van der Waals surface area contributed by atoms with Crippen molar-refractivity contribution < 1.29 is 19.1 Å². The van der Waals surface area contributed by atoms with Gasteiger partial charge in [0.25, 0.3) is 5.78 Å². The monoisotopic (exact) mass is 304 g/mol. The van der Waals surface area contributed by atoms with Crippen molar-refractivity contribution in [3.63, 3.8) is 0 Å². The van der Waals surface area contributed by atoms with Gasteiger partial charge in [-0.1, -0.05) is 6.92 Å². The maximum atomic E-state index is 12.3. The minimum absolute atomic E-state index is 0.286. The van der Waals surface area contributed by atoms with E-state index in [1.54, 1.807) is 12.1 Å². The summed E-state index contributed by atoms with van der Waals surface area (Å²) >= 11 is 0. The van der Waals surface area contributed by atoms with Gasteiger partial charge in [-0.2, -0.15) is 0 Å². The highest BCUT2D eigenvalue weighted by molar-refractivity contribution is 6.52. The summed E-state index contributed by atoms with van der Waals surface area (Å²) in [6, 6.07) is 3.64. The summed E-state index contributed by atoms with van der Waals surface area (Å²) in [5, 5.41) is 0. The Kier molecular flexibility index (Phi) is 3.78. The van der Waals surface area contributed by atoms with Gasteiger partial charge in [0, 0.05) is 12.1 Å². The normalized spacial score (nSPS) is 16.7. The number of ketones is 1. The van der Waals surface area contributed by atoms with Gasteiger partial charge >= 0.3 is 5.91 Å². The lowest BCUT2D eigenvalue weighted by molar-refractivity contribution is -0.114. The molecule has 0 radical (unpaired) electrons. The number of carbonyl (C=O) groups excluding carboxylic acids is 2. The summed E-state index contributed by atoms with van der Waals surface area (Å²) in [7, 11) is 0. The van der Waals surface area contributed by atoms with Crippen molar-refractivity contribution in [1.29, 1.82) is 0 Å². The zero-order valence-electron chi connectivity index (χ0n) is 13.1. The second kappa shape index (κ2) is 5.61. The standard InChI is InChI=1S/C16H20N2O4/c1-4-17(10(2)3)9-18-12-8-14-13(21-5-6-22-14)7-11(12)15(19)16(18)20/h7-8,10H,4-6,9H2,1-3H3. The topological polar surface area (TPSA) is 59.1 Å². The molecule has 0 aromatic heterocycles. The molecule has 2 heterocycles. The number of benzene rings is 1. The van der Waals surface area contributed by atoms with Crippen LogP contribution in [0.3, 0.4) is 0 Å². The molecule has 0 bridgehead atoms. The van der Waals surface area contributed by atoms with E-state index in [4.69, 9.17) is 9.47 Å². The summed E-state index contributed by atoms with van der Waals surface area (Å²) in [6.45, 7) is 8.29. The Balaban J connectivity index is 1.98. The predicted molar refractivity (Wildman–Crippen MR) is 81.6 cm³/mol. The number of fused-ring (bicyclic) bond motifs is 2. The Hall–Kier alpha value is -2.08. The van der Waals surface area contributed by atoms with Crippen LogP contribution in [-0.2, 0) is 4.79 Å². The quantitative estimate of drug-likeness (QED) is 0.792. The van der Waals surface area contributed by atoms with Crippen LogP contribution in [0.4, 0.5) is 5.69 Å². The first-order valence-electron chi connectivity index (χ1n) is 7.56. The average Bonchev–Trinajstić information content (AvgIpc) is 2.74. The van der Waals surface area contributed by atoms with Crippen LogP contribution in [0, 0.1) is 0 Å². The fraction of sp³-hybridized carbons (Fsp3) is 0.500. The summed E-state index contributed by atoms with van der Waals surface area (Å²) in [5.74, 6) is 0.150. The van der Waals surface area contributed by atoms with Crippen LogP contribution < -0.4 is 14.4 Å². The molecule has 1 amide bonds. The van der Waals surface area contributed by atoms with Crippen LogP contribution in [0.5, 0.6) is 11.5 Å². The number of hydrogen-bond donors (Lipinski definition) is 0. The third kappa shape index (κ3) is 2.33. The molecule has 1 aromatic rings. The highest BCUT2D eigenvalue weighted by Gasteiger charge is 2.38. The Bertz CT molecular complexity index is 627. The van der Waals surface area contributed by atoms with E-state index in [2.05, 4.69) is 18.7 Å². The first-order valence-corrected chi connectivity index (χ1v) is 7.56. The molecule has 0 saturated carbocycles. The van der Waals surface area contributed by atoms with Crippen LogP contribution in [0.25, 0.3) is 0 Å². The number of anilines is 1. The molecule has 0 saturated heterocycles. The Morgan fingerprint density at radius 2 is 1.82 bits per heavy atom. The lowest BCUT2D eigenvalue weighted by Gasteiger charge is -2.30. The number of nitrogens with zero attached hydrogens (tertiary/aromatic N) is 2. The van der Waals surface area contributed by atoms with Crippen molar-refractivity contribution in [2.24, 2.45) is 0 Å². The second-order valence-corrected chi connectivity index (χ2v) is 5.72. The molecule has 0 unspecified atom stereocenters. The molecule has 2 aliphatic heterocycles. The minimum Gasteiger partial charge on any atom is -0.486 e. The highest BCUT2D eigenvalue weighted by Crippen LogP contribution is 2.40. The van der Waals surface area contributed by atoms with Gasteiger partial charge in [0.15, 0.2) is 11.5 Å². The summed E-state index contributed by atoms with van der Waals surface area (Å²) < 4.78 is 11.0. The van der Waals surface area contributed by atoms with Crippen LogP contribution in [0.2, 0.25) is 0 Å². The fourth-order valence-electron chi connectivity index (χ4n) is 2.78. The lowest BCUT2D eigenvalue weighted by Crippen LogP contribution is -2.43. The molecule has 2 aliphatic rings. The number of hydrogen-bond acceptors (Lipinski definition) is 5. The van der Waals surface area contributed by atoms with E-state index in [1.165, 1.54) is 4.90 Å². The first-order chi connectivity index (χ1) is 10.5. The van der Waals surface area contributed by atoms with Crippen molar-refractivity contribution in [3.8, 4) is 11.5 Å². The fourth-order valence-corrected chi connectivity index (χ4v) is 2.78. The molecule has 118 valence electrons. The van der Waals surface area contributed by atoms with E-state index in [0.717, 1.165) is 6.54 Å². The van der Waals surface area contributed by atoms with Crippen molar-refractivity contribution in [2.75, 3.05) is 31.3 Å². The van der Waals surface area contributed by atoms with Gasteiger partial charge in [-0.25, -0.2) is 0 Å². The maximum Gasteiger partial charge on any atom is 0.300 e. The average molecular weight is 304 g/mol. The molecule has 0 N–H and O–H groups in total. The van der Waals surface area contributed by atoms with E-state index >= 15 is 0 Å². The number of carbonyl (C=O) groups is 2. The van der Waals surface area contributed by atoms with Gasteiger partial charge in [0.1, 0.15) is 13.2 Å². The largest absolute Gasteiger partial charge is 0.486 e. The third-order valence-electron chi connectivity index (χ3n) is 4.09. The van der Waals surface area contributed by atoms with E-state index in [-0.39, 0.29) is 6.04 Å². The number of rotatable bonds is 4. The van der Waals surface area contributed by atoms with Gasteiger partial charge in [0.05, 0.1) is 17.9 Å². The Labute approximate surface area is 129 Å². The highest BCUT2D eigenvalue weighted by atomic mass is 16.6. The maximum absolute atomic E-state index is 12.3. The van der Waals surface area contributed by atoms with Gasteiger partial charge in [-0.15, -0.1) is 0 Å². The van der Waals surface area contributed by atoms with Gasteiger partial charge < -0.3 is 9.47 Å². The molecule has 3 rings (SSSR count). The molecule has 0 spiro atoms. The molecule has 1 aromatic carbocycles. The third-order valence-corrected chi connectivity index (χ3v) is 4.09. The van der Waals surface area contributed by atoms with Crippen LogP contribution >= 0.6 is 0 Å². The van der Waals surface area contributed by atoms with Crippen molar-refractivity contribution in [2.45, 2.75) is 26.8 Å².